The average Bonchev–Trinajstić information content (AvgIpc) is 3.32. The minimum Gasteiger partial charge on any atom is -0.387 e. The van der Waals surface area contributed by atoms with E-state index in [2.05, 4.69) is 10.2 Å². The van der Waals surface area contributed by atoms with Gasteiger partial charge in [-0.25, -0.2) is 4.98 Å². The number of aromatic nitrogens is 4. The van der Waals surface area contributed by atoms with Crippen molar-refractivity contribution in [1.82, 2.24) is 19.6 Å². The lowest BCUT2D eigenvalue weighted by Crippen LogP contribution is -2.81. The zero-order valence-electron chi connectivity index (χ0n) is 20.7. The monoisotopic (exact) mass is 490 g/mol. The number of ether oxygens (including phenoxy) is 2. The SMILES string of the molecule is CC1(C)OC[C@@]1(O)[C@@H](O)[C@@H]1OC(C)(C)[C@]1(O)c1nnc2c(Cc3ccccc3)nc3ccccc3n12. The molecule has 36 heavy (non-hydrogen) atoms. The van der Waals surface area contributed by atoms with Gasteiger partial charge in [-0.1, -0.05) is 42.5 Å². The maximum Gasteiger partial charge on any atom is 0.183 e. The van der Waals surface area contributed by atoms with Gasteiger partial charge < -0.3 is 24.8 Å². The Kier molecular flexibility index (Phi) is 4.91. The molecule has 0 unspecified atom stereocenters. The van der Waals surface area contributed by atoms with Crippen molar-refractivity contribution in [1.29, 1.82) is 0 Å². The van der Waals surface area contributed by atoms with Gasteiger partial charge in [0.2, 0.25) is 0 Å². The third-order valence-electron chi connectivity index (χ3n) is 8.08. The lowest BCUT2D eigenvalue weighted by Gasteiger charge is -2.63. The van der Waals surface area contributed by atoms with Crippen molar-refractivity contribution in [3.8, 4) is 0 Å². The van der Waals surface area contributed by atoms with Crippen LogP contribution in [0.5, 0.6) is 0 Å². The van der Waals surface area contributed by atoms with E-state index < -0.39 is 34.6 Å². The normalized spacial score (nSPS) is 29.6. The highest BCUT2D eigenvalue weighted by Gasteiger charge is 2.73. The second kappa shape index (κ2) is 7.53. The van der Waals surface area contributed by atoms with Crippen LogP contribution in [0.1, 0.15) is 44.8 Å². The summed E-state index contributed by atoms with van der Waals surface area (Å²) in [7, 11) is 0. The Hall–Kier alpha value is -2.95. The first-order valence-electron chi connectivity index (χ1n) is 12.1. The first-order valence-corrected chi connectivity index (χ1v) is 12.1. The topological polar surface area (TPSA) is 122 Å². The Labute approximate surface area is 208 Å². The lowest BCUT2D eigenvalue weighted by atomic mass is 9.65. The van der Waals surface area contributed by atoms with Gasteiger partial charge >= 0.3 is 0 Å². The molecule has 0 spiro atoms. The Morgan fingerprint density at radius 3 is 2.31 bits per heavy atom. The molecule has 9 nitrogen and oxygen atoms in total. The van der Waals surface area contributed by atoms with Gasteiger partial charge in [0.15, 0.2) is 17.1 Å². The predicted molar refractivity (Wildman–Crippen MR) is 131 cm³/mol. The van der Waals surface area contributed by atoms with Gasteiger partial charge in [-0.15, -0.1) is 10.2 Å². The zero-order valence-corrected chi connectivity index (χ0v) is 20.7. The van der Waals surface area contributed by atoms with E-state index in [1.165, 1.54) is 0 Å². The standard InChI is InChI=1S/C27H30N4O5/c1-24(2)26(33,15-35-24)20(32)21-27(34,25(3,4)36-21)23-30-29-22-18(14-16-10-6-5-7-11-16)28-17-12-8-9-13-19(17)31(22)23/h5-13,20-21,32-34H,14-15H2,1-4H3/t20-,21-,26+,27+/m0/s1. The van der Waals surface area contributed by atoms with Gasteiger partial charge in [0, 0.05) is 6.42 Å². The first kappa shape index (κ1) is 23.4. The van der Waals surface area contributed by atoms with E-state index in [0.29, 0.717) is 17.8 Å². The molecule has 0 bridgehead atoms. The summed E-state index contributed by atoms with van der Waals surface area (Å²) < 4.78 is 13.3. The van der Waals surface area contributed by atoms with Crippen molar-refractivity contribution >= 4 is 16.7 Å². The van der Waals surface area contributed by atoms with Crippen molar-refractivity contribution in [3.63, 3.8) is 0 Å². The van der Waals surface area contributed by atoms with Crippen LogP contribution in [0.15, 0.2) is 54.6 Å². The number of benzene rings is 2. The molecule has 2 aromatic heterocycles. The summed E-state index contributed by atoms with van der Waals surface area (Å²) in [4.78, 5) is 4.87. The number of fused-ring (bicyclic) bond motifs is 3. The van der Waals surface area contributed by atoms with E-state index >= 15 is 0 Å². The Morgan fingerprint density at radius 1 is 0.972 bits per heavy atom. The summed E-state index contributed by atoms with van der Waals surface area (Å²) in [5.41, 5.74) is -1.72. The van der Waals surface area contributed by atoms with Crippen LogP contribution >= 0.6 is 0 Å². The highest BCUT2D eigenvalue weighted by Crippen LogP contribution is 2.54. The third-order valence-corrected chi connectivity index (χ3v) is 8.08. The minimum absolute atomic E-state index is 0.0633. The summed E-state index contributed by atoms with van der Waals surface area (Å²) in [6.07, 6.45) is -2.05. The Morgan fingerprint density at radius 2 is 1.67 bits per heavy atom. The molecule has 2 aliphatic rings. The molecule has 4 heterocycles. The van der Waals surface area contributed by atoms with Gasteiger partial charge in [0.1, 0.15) is 23.4 Å². The van der Waals surface area contributed by atoms with Crippen molar-refractivity contribution < 1.29 is 24.8 Å². The largest absolute Gasteiger partial charge is 0.387 e. The number of hydrogen-bond acceptors (Lipinski definition) is 8. The van der Waals surface area contributed by atoms with Crippen LogP contribution in [0, 0.1) is 0 Å². The summed E-state index contributed by atoms with van der Waals surface area (Å²) in [5.74, 6) is 0.229. The van der Waals surface area contributed by atoms with Crippen molar-refractivity contribution in [2.45, 2.75) is 68.7 Å². The number of aliphatic hydroxyl groups excluding tert-OH is 1. The van der Waals surface area contributed by atoms with Crippen LogP contribution in [-0.4, -0.2) is 70.5 Å². The van der Waals surface area contributed by atoms with Crippen molar-refractivity contribution in [2.75, 3.05) is 6.61 Å². The van der Waals surface area contributed by atoms with Gasteiger partial charge in [0.25, 0.3) is 0 Å². The van der Waals surface area contributed by atoms with Gasteiger partial charge in [-0.05, 0) is 45.4 Å². The second-order valence-corrected chi connectivity index (χ2v) is 10.9. The van der Waals surface area contributed by atoms with Crippen molar-refractivity contribution in [2.24, 2.45) is 0 Å². The van der Waals surface area contributed by atoms with Gasteiger partial charge in [-0.2, -0.15) is 0 Å². The molecule has 0 radical (unpaired) electrons. The number of para-hydroxylation sites is 2. The maximum atomic E-state index is 12.2. The number of hydrogen-bond donors (Lipinski definition) is 3. The fourth-order valence-corrected chi connectivity index (χ4v) is 5.46. The molecule has 2 saturated heterocycles. The molecule has 3 N–H and O–H groups in total. The van der Waals surface area contributed by atoms with Crippen LogP contribution in [-0.2, 0) is 21.5 Å². The van der Waals surface area contributed by atoms with Crippen molar-refractivity contribution in [3.05, 3.63) is 71.7 Å². The third kappa shape index (κ3) is 2.98. The molecule has 2 aliphatic heterocycles. The van der Waals surface area contributed by atoms with Gasteiger partial charge in [-0.3, -0.25) is 4.40 Å². The van der Waals surface area contributed by atoms with E-state index in [0.717, 1.165) is 16.6 Å². The van der Waals surface area contributed by atoms with E-state index in [4.69, 9.17) is 14.5 Å². The average molecular weight is 491 g/mol. The van der Waals surface area contributed by atoms with Crippen LogP contribution in [0.2, 0.25) is 0 Å². The molecule has 9 heteroatoms. The molecular weight excluding hydrogens is 460 g/mol. The highest BCUT2D eigenvalue weighted by atomic mass is 16.6. The predicted octanol–water partition coefficient (Wildman–Crippen LogP) is 2.13. The molecule has 0 aliphatic carbocycles. The van der Waals surface area contributed by atoms with E-state index in [-0.39, 0.29) is 12.4 Å². The molecule has 6 rings (SSSR count). The number of rotatable bonds is 5. The van der Waals surface area contributed by atoms with Crippen LogP contribution in [0.25, 0.3) is 16.7 Å². The molecule has 0 saturated carbocycles. The van der Waals surface area contributed by atoms with E-state index in [1.807, 2.05) is 54.6 Å². The molecule has 188 valence electrons. The highest BCUT2D eigenvalue weighted by molar-refractivity contribution is 5.79. The summed E-state index contributed by atoms with van der Waals surface area (Å²) in [5, 5.41) is 43.7. The first-order chi connectivity index (χ1) is 17.0. The minimum atomic E-state index is -1.76. The number of aliphatic hydroxyl groups is 3. The number of nitrogens with zero attached hydrogens (tertiary/aromatic N) is 4. The summed E-state index contributed by atoms with van der Waals surface area (Å²) >= 11 is 0. The van der Waals surface area contributed by atoms with Crippen LogP contribution in [0.4, 0.5) is 0 Å². The van der Waals surface area contributed by atoms with Crippen LogP contribution in [0.3, 0.4) is 0 Å². The molecule has 4 atom stereocenters. The molecule has 4 aromatic rings. The molecule has 2 aromatic carbocycles. The Bertz CT molecular complexity index is 1470. The fourth-order valence-electron chi connectivity index (χ4n) is 5.46. The second-order valence-electron chi connectivity index (χ2n) is 10.9. The summed E-state index contributed by atoms with van der Waals surface area (Å²) in [6, 6.07) is 17.6. The van der Waals surface area contributed by atoms with Gasteiger partial charge in [0.05, 0.1) is 28.9 Å². The fraction of sp³-hybridized carbons (Fsp3) is 0.444. The van der Waals surface area contributed by atoms with E-state index in [1.54, 1.807) is 32.1 Å². The van der Waals surface area contributed by atoms with E-state index in [9.17, 15) is 15.3 Å². The van der Waals surface area contributed by atoms with Crippen LogP contribution < -0.4 is 0 Å². The molecular formula is C27H30N4O5. The zero-order chi connectivity index (χ0) is 25.5. The Balaban J connectivity index is 1.53. The smallest absolute Gasteiger partial charge is 0.183 e. The molecule has 0 amide bonds. The lowest BCUT2D eigenvalue weighted by molar-refractivity contribution is -0.410. The quantitative estimate of drug-likeness (QED) is 0.389. The maximum absolute atomic E-state index is 12.2. The molecule has 2 fully saturated rings. The summed E-state index contributed by atoms with van der Waals surface area (Å²) in [6.45, 7) is 6.80.